The van der Waals surface area contributed by atoms with Crippen molar-refractivity contribution >= 4 is 21.7 Å². The average molecular weight is 166 g/mol. The predicted octanol–water partition coefficient (Wildman–Crippen LogP) is 1.24. The van der Waals surface area contributed by atoms with Crippen molar-refractivity contribution in [3.63, 3.8) is 0 Å². The predicted molar refractivity (Wildman–Crippen MR) is 43.3 cm³/mol. The van der Waals surface area contributed by atoms with Crippen molar-refractivity contribution in [1.82, 2.24) is 4.98 Å². The molecule has 0 aliphatic rings. The highest BCUT2D eigenvalue weighted by Crippen LogP contribution is 2.16. The van der Waals surface area contributed by atoms with Crippen LogP contribution in [-0.4, -0.2) is 4.98 Å². The van der Waals surface area contributed by atoms with Crippen molar-refractivity contribution in [3.8, 4) is 0 Å². The van der Waals surface area contributed by atoms with Crippen molar-refractivity contribution in [3.05, 3.63) is 29.2 Å². The summed E-state index contributed by atoms with van der Waals surface area (Å²) in [5.41, 5.74) is 0.734. The van der Waals surface area contributed by atoms with Crippen LogP contribution in [0.4, 0.5) is 0 Å². The molecule has 2 heterocycles. The van der Waals surface area contributed by atoms with Crippen LogP contribution in [0.2, 0.25) is 0 Å². The van der Waals surface area contributed by atoms with E-state index in [2.05, 4.69) is 4.98 Å². The number of aromatic nitrogens is 2. The Morgan fingerprint density at radius 2 is 2.45 bits per heavy atom. The number of nitrogens with zero attached hydrogens (tertiary/aromatic N) is 2. The minimum atomic E-state index is 0.734. The Hall–Kier alpha value is -1.16. The maximum Gasteiger partial charge on any atom is 0.215 e. The molecule has 56 valence electrons. The summed E-state index contributed by atoms with van der Waals surface area (Å²) in [6.45, 7) is 1.80. The molecule has 0 aliphatic carbocycles. The van der Waals surface area contributed by atoms with Gasteiger partial charge in [0.2, 0.25) is 5.69 Å². The molecule has 11 heavy (non-hydrogen) atoms. The fourth-order valence-corrected chi connectivity index (χ4v) is 1.80. The Balaban J connectivity index is 2.92. The van der Waals surface area contributed by atoms with Gasteiger partial charge in [-0.2, -0.15) is 0 Å². The fourth-order valence-electron chi connectivity index (χ4n) is 0.984. The quantitative estimate of drug-likeness (QED) is 0.436. The third-order valence-corrected chi connectivity index (χ3v) is 2.54. The summed E-state index contributed by atoms with van der Waals surface area (Å²) in [6, 6.07) is 3.74. The zero-order chi connectivity index (χ0) is 7.84. The van der Waals surface area contributed by atoms with Crippen molar-refractivity contribution in [2.45, 2.75) is 6.92 Å². The highest BCUT2D eigenvalue weighted by Gasteiger charge is 2.10. The van der Waals surface area contributed by atoms with Gasteiger partial charge >= 0.3 is 0 Å². The van der Waals surface area contributed by atoms with Gasteiger partial charge in [-0.1, -0.05) is 0 Å². The van der Waals surface area contributed by atoms with E-state index in [0.29, 0.717) is 0 Å². The van der Waals surface area contributed by atoms with Gasteiger partial charge in [0.1, 0.15) is 0 Å². The summed E-state index contributed by atoms with van der Waals surface area (Å²) < 4.78 is 0.887. The molecular weight excluding hydrogens is 160 g/mol. The van der Waals surface area contributed by atoms with Crippen molar-refractivity contribution in [1.29, 1.82) is 0 Å². The van der Waals surface area contributed by atoms with E-state index in [9.17, 15) is 5.21 Å². The van der Waals surface area contributed by atoms with Gasteiger partial charge in [0.15, 0.2) is 16.4 Å². The zero-order valence-electron chi connectivity index (χ0n) is 5.94. The Labute approximate surface area is 67.7 Å². The van der Waals surface area contributed by atoms with E-state index in [-0.39, 0.29) is 0 Å². The lowest BCUT2D eigenvalue weighted by atomic mass is 10.3. The van der Waals surface area contributed by atoms with Crippen LogP contribution in [-0.2, 0) is 0 Å². The largest absolute Gasteiger partial charge is 0.606 e. The number of fused-ring (bicyclic) bond motifs is 1. The molecule has 0 saturated carbocycles. The lowest BCUT2D eigenvalue weighted by Crippen LogP contribution is -2.22. The van der Waals surface area contributed by atoms with E-state index < -0.39 is 0 Å². The summed E-state index contributed by atoms with van der Waals surface area (Å²) in [5, 5.41) is 12.0. The minimum absolute atomic E-state index is 0.734. The van der Waals surface area contributed by atoms with Crippen LogP contribution in [0.3, 0.4) is 0 Å². The molecule has 0 spiro atoms. The molecule has 3 nitrogen and oxygen atoms in total. The number of hydrogen-bond acceptors (Lipinski definition) is 3. The SMILES string of the molecule is Cc1c2cccnc2s[n+]1[O-]. The topological polar surface area (TPSA) is 39.8 Å². The van der Waals surface area contributed by atoms with Crippen LogP contribution in [0.25, 0.3) is 10.2 Å². The molecule has 0 aliphatic heterocycles. The standard InChI is InChI=1S/C7H6N2OS/c1-5-6-3-2-4-8-7(6)11-9(5)10/h2-4H,1H3. The molecule has 0 bridgehead atoms. The monoisotopic (exact) mass is 166 g/mol. The second kappa shape index (κ2) is 2.17. The molecule has 2 rings (SSSR count). The first-order valence-electron chi connectivity index (χ1n) is 3.23. The van der Waals surface area contributed by atoms with Crippen molar-refractivity contribution < 1.29 is 4.12 Å². The molecule has 0 saturated heterocycles. The van der Waals surface area contributed by atoms with E-state index in [1.165, 1.54) is 0 Å². The van der Waals surface area contributed by atoms with Gasteiger partial charge in [-0.05, 0) is 12.1 Å². The third-order valence-electron chi connectivity index (χ3n) is 1.60. The van der Waals surface area contributed by atoms with E-state index in [1.54, 1.807) is 13.1 Å². The lowest BCUT2D eigenvalue weighted by Gasteiger charge is -1.86. The Morgan fingerprint density at radius 1 is 1.64 bits per heavy atom. The zero-order valence-corrected chi connectivity index (χ0v) is 6.76. The highest BCUT2D eigenvalue weighted by atomic mass is 32.1. The van der Waals surface area contributed by atoms with Gasteiger partial charge in [0, 0.05) is 13.1 Å². The molecule has 0 N–H and O–H groups in total. The summed E-state index contributed by atoms with van der Waals surface area (Å²) in [4.78, 5) is 4.87. The average Bonchev–Trinajstić information content (AvgIpc) is 2.30. The van der Waals surface area contributed by atoms with Gasteiger partial charge in [-0.3, -0.25) is 0 Å². The summed E-state index contributed by atoms with van der Waals surface area (Å²) in [6.07, 6.45) is 1.69. The second-order valence-electron chi connectivity index (χ2n) is 2.29. The Bertz CT molecular complexity index is 396. The smallest absolute Gasteiger partial charge is 0.215 e. The molecule has 4 heteroatoms. The highest BCUT2D eigenvalue weighted by molar-refractivity contribution is 7.09. The van der Waals surface area contributed by atoms with Gasteiger partial charge in [0.05, 0.1) is 5.39 Å². The van der Waals surface area contributed by atoms with Gasteiger partial charge < -0.3 is 5.21 Å². The van der Waals surface area contributed by atoms with Crippen LogP contribution in [0.15, 0.2) is 18.3 Å². The molecule has 2 aromatic rings. The first-order chi connectivity index (χ1) is 5.29. The van der Waals surface area contributed by atoms with Crippen molar-refractivity contribution in [2.24, 2.45) is 0 Å². The molecule has 0 aromatic carbocycles. The second-order valence-corrected chi connectivity index (χ2v) is 3.19. The number of hydrogen-bond donors (Lipinski definition) is 0. The minimum Gasteiger partial charge on any atom is -0.606 e. The van der Waals surface area contributed by atoms with Gasteiger partial charge in [-0.15, -0.1) is 4.12 Å². The molecule has 0 amide bonds. The van der Waals surface area contributed by atoms with E-state index in [4.69, 9.17) is 0 Å². The van der Waals surface area contributed by atoms with Crippen LogP contribution in [0.1, 0.15) is 5.69 Å². The lowest BCUT2D eigenvalue weighted by molar-refractivity contribution is -0.536. The maximum atomic E-state index is 11.0. The van der Waals surface area contributed by atoms with Crippen molar-refractivity contribution in [2.75, 3.05) is 0 Å². The Kier molecular flexibility index (Phi) is 1.29. The molecule has 0 radical (unpaired) electrons. The molecule has 2 aromatic heterocycles. The normalized spacial score (nSPS) is 10.6. The van der Waals surface area contributed by atoms with Crippen LogP contribution < -0.4 is 4.12 Å². The summed E-state index contributed by atoms with van der Waals surface area (Å²) in [5.74, 6) is 0. The maximum absolute atomic E-state index is 11.0. The molecular formula is C7H6N2OS. The van der Waals surface area contributed by atoms with E-state index in [1.807, 2.05) is 12.1 Å². The Morgan fingerprint density at radius 3 is 3.18 bits per heavy atom. The molecule has 0 atom stereocenters. The van der Waals surface area contributed by atoms with Crippen LogP contribution in [0, 0.1) is 12.1 Å². The van der Waals surface area contributed by atoms with E-state index in [0.717, 1.165) is 31.6 Å². The molecule has 0 unspecified atom stereocenters. The number of pyridine rings is 1. The summed E-state index contributed by atoms with van der Waals surface area (Å²) >= 11 is 1.13. The number of rotatable bonds is 0. The van der Waals surface area contributed by atoms with Crippen LogP contribution in [0.5, 0.6) is 0 Å². The fraction of sp³-hybridized carbons (Fsp3) is 0.143. The first-order valence-corrected chi connectivity index (χ1v) is 4.00. The molecule has 0 fully saturated rings. The van der Waals surface area contributed by atoms with Gasteiger partial charge in [-0.25, -0.2) is 4.98 Å². The number of aryl methyl sites for hydroxylation is 1. The summed E-state index contributed by atoms with van der Waals surface area (Å²) in [7, 11) is 0. The van der Waals surface area contributed by atoms with E-state index >= 15 is 0 Å². The van der Waals surface area contributed by atoms with Crippen LogP contribution >= 0.6 is 11.5 Å². The first kappa shape index (κ1) is 6.54. The third kappa shape index (κ3) is 0.867. The van der Waals surface area contributed by atoms with Gasteiger partial charge in [0.25, 0.3) is 0 Å².